The quantitative estimate of drug-likeness (QED) is 0.645. The van der Waals surface area contributed by atoms with Gasteiger partial charge in [-0.15, -0.1) is 0 Å². The maximum absolute atomic E-state index is 12.0. The zero-order valence-corrected chi connectivity index (χ0v) is 15.1. The van der Waals surface area contributed by atoms with Crippen molar-refractivity contribution in [2.75, 3.05) is 26.2 Å². The van der Waals surface area contributed by atoms with Gasteiger partial charge in [0.05, 0.1) is 0 Å². The SMILES string of the molecule is CCCCN(CCCC)CCNC(=S)NC(=O)c1ccccc1. The van der Waals surface area contributed by atoms with E-state index in [9.17, 15) is 4.79 Å². The first-order chi connectivity index (χ1) is 11.2. The molecule has 0 fully saturated rings. The van der Waals surface area contributed by atoms with Crippen LogP contribution in [0.5, 0.6) is 0 Å². The molecular weight excluding hydrogens is 306 g/mol. The summed E-state index contributed by atoms with van der Waals surface area (Å²) in [5, 5.41) is 6.24. The van der Waals surface area contributed by atoms with E-state index in [0.29, 0.717) is 10.7 Å². The van der Waals surface area contributed by atoms with Gasteiger partial charge in [-0.3, -0.25) is 10.1 Å². The van der Waals surface area contributed by atoms with Crippen LogP contribution in [0.25, 0.3) is 0 Å². The number of amides is 1. The maximum Gasteiger partial charge on any atom is 0.257 e. The molecule has 0 saturated carbocycles. The molecule has 23 heavy (non-hydrogen) atoms. The van der Waals surface area contributed by atoms with Gasteiger partial charge in [-0.1, -0.05) is 44.9 Å². The lowest BCUT2D eigenvalue weighted by atomic mass is 10.2. The molecule has 1 amide bonds. The molecule has 0 aromatic heterocycles. The Bertz CT molecular complexity index is 457. The van der Waals surface area contributed by atoms with Crippen LogP contribution in [0.3, 0.4) is 0 Å². The van der Waals surface area contributed by atoms with Gasteiger partial charge in [0.2, 0.25) is 0 Å². The van der Waals surface area contributed by atoms with Crippen LogP contribution in [0, 0.1) is 0 Å². The van der Waals surface area contributed by atoms with Crippen LogP contribution in [0.2, 0.25) is 0 Å². The molecule has 1 aromatic rings. The highest BCUT2D eigenvalue weighted by Gasteiger charge is 2.07. The fourth-order valence-corrected chi connectivity index (χ4v) is 2.43. The highest BCUT2D eigenvalue weighted by Crippen LogP contribution is 1.99. The summed E-state index contributed by atoms with van der Waals surface area (Å²) in [7, 11) is 0. The Morgan fingerprint density at radius 2 is 1.65 bits per heavy atom. The number of carbonyl (C=O) groups excluding carboxylic acids is 1. The first-order valence-corrected chi connectivity index (χ1v) is 8.94. The zero-order valence-electron chi connectivity index (χ0n) is 14.3. The lowest BCUT2D eigenvalue weighted by Gasteiger charge is -2.22. The molecule has 0 aliphatic heterocycles. The second kappa shape index (κ2) is 12.0. The lowest BCUT2D eigenvalue weighted by molar-refractivity contribution is 0.0976. The summed E-state index contributed by atoms with van der Waals surface area (Å²) in [4.78, 5) is 14.4. The predicted molar refractivity (Wildman–Crippen MR) is 101 cm³/mol. The highest BCUT2D eigenvalue weighted by molar-refractivity contribution is 7.80. The van der Waals surface area contributed by atoms with Gasteiger partial charge < -0.3 is 10.2 Å². The van der Waals surface area contributed by atoms with Gasteiger partial charge in [0, 0.05) is 18.7 Å². The van der Waals surface area contributed by atoms with Crippen LogP contribution in [0.1, 0.15) is 49.9 Å². The monoisotopic (exact) mass is 335 g/mol. The summed E-state index contributed by atoms with van der Waals surface area (Å²) in [5.41, 5.74) is 0.615. The molecule has 5 heteroatoms. The predicted octanol–water partition coefficient (Wildman–Crippen LogP) is 3.19. The van der Waals surface area contributed by atoms with Crippen LogP contribution in [-0.2, 0) is 0 Å². The summed E-state index contributed by atoms with van der Waals surface area (Å²) >= 11 is 5.20. The molecule has 1 rings (SSSR count). The van der Waals surface area contributed by atoms with Crippen molar-refractivity contribution in [3.63, 3.8) is 0 Å². The molecule has 0 aliphatic rings. The molecule has 0 bridgehead atoms. The first-order valence-electron chi connectivity index (χ1n) is 8.54. The van der Waals surface area contributed by atoms with Gasteiger partial charge in [0.25, 0.3) is 5.91 Å². The number of hydrogen-bond donors (Lipinski definition) is 2. The molecule has 0 aliphatic carbocycles. The molecule has 0 saturated heterocycles. The van der Waals surface area contributed by atoms with Crippen LogP contribution >= 0.6 is 12.2 Å². The number of benzene rings is 1. The van der Waals surface area contributed by atoms with E-state index < -0.39 is 0 Å². The molecule has 1 aromatic carbocycles. The van der Waals surface area contributed by atoms with E-state index in [1.807, 2.05) is 18.2 Å². The van der Waals surface area contributed by atoms with Crippen LogP contribution in [0.15, 0.2) is 30.3 Å². The van der Waals surface area contributed by atoms with Crippen LogP contribution < -0.4 is 10.6 Å². The molecule has 4 nitrogen and oxygen atoms in total. The maximum atomic E-state index is 12.0. The van der Waals surface area contributed by atoms with E-state index in [-0.39, 0.29) is 5.91 Å². The number of carbonyl (C=O) groups is 1. The minimum atomic E-state index is -0.170. The van der Waals surface area contributed by atoms with E-state index in [0.717, 1.165) is 26.2 Å². The lowest BCUT2D eigenvalue weighted by Crippen LogP contribution is -2.43. The third kappa shape index (κ3) is 8.67. The topological polar surface area (TPSA) is 44.4 Å². The summed E-state index contributed by atoms with van der Waals surface area (Å²) < 4.78 is 0. The average Bonchev–Trinajstić information content (AvgIpc) is 2.57. The number of hydrogen-bond acceptors (Lipinski definition) is 3. The molecule has 0 heterocycles. The van der Waals surface area contributed by atoms with Gasteiger partial charge in [-0.2, -0.15) is 0 Å². The third-order valence-electron chi connectivity index (χ3n) is 3.63. The van der Waals surface area contributed by atoms with E-state index in [4.69, 9.17) is 12.2 Å². The Labute approximate surface area is 145 Å². The van der Waals surface area contributed by atoms with Crippen molar-refractivity contribution < 1.29 is 4.79 Å². The molecule has 2 N–H and O–H groups in total. The van der Waals surface area contributed by atoms with E-state index in [2.05, 4.69) is 29.4 Å². The van der Waals surface area contributed by atoms with Crippen molar-refractivity contribution in [3.05, 3.63) is 35.9 Å². The van der Waals surface area contributed by atoms with E-state index >= 15 is 0 Å². The highest BCUT2D eigenvalue weighted by atomic mass is 32.1. The van der Waals surface area contributed by atoms with Crippen LogP contribution in [0.4, 0.5) is 0 Å². The van der Waals surface area contributed by atoms with E-state index in [1.165, 1.54) is 25.7 Å². The molecular formula is C18H29N3OS. The Morgan fingerprint density at radius 3 is 2.22 bits per heavy atom. The summed E-state index contributed by atoms with van der Waals surface area (Å²) in [6, 6.07) is 9.11. The van der Waals surface area contributed by atoms with E-state index in [1.54, 1.807) is 12.1 Å². The molecule has 0 atom stereocenters. The number of nitrogens with zero attached hydrogens (tertiary/aromatic N) is 1. The average molecular weight is 336 g/mol. The summed E-state index contributed by atoms with van der Waals surface area (Å²) in [6.45, 7) is 8.38. The van der Waals surface area contributed by atoms with Crippen molar-refractivity contribution in [2.24, 2.45) is 0 Å². The molecule has 0 radical (unpaired) electrons. The molecule has 0 spiro atoms. The van der Waals surface area contributed by atoms with Crippen molar-refractivity contribution in [1.82, 2.24) is 15.5 Å². The standard InChI is InChI=1S/C18H29N3OS/c1-3-5-13-21(14-6-4-2)15-12-19-18(23)20-17(22)16-10-8-7-9-11-16/h7-11H,3-6,12-15H2,1-2H3,(H2,19,20,22,23). The third-order valence-corrected chi connectivity index (χ3v) is 3.88. The van der Waals surface area contributed by atoms with Crippen molar-refractivity contribution in [1.29, 1.82) is 0 Å². The fourth-order valence-electron chi connectivity index (χ4n) is 2.24. The van der Waals surface area contributed by atoms with Crippen molar-refractivity contribution in [2.45, 2.75) is 39.5 Å². The minimum Gasteiger partial charge on any atom is -0.361 e. The van der Waals surface area contributed by atoms with Gasteiger partial charge in [0.15, 0.2) is 5.11 Å². The number of nitrogens with one attached hydrogen (secondary N) is 2. The van der Waals surface area contributed by atoms with Gasteiger partial charge in [-0.05, 0) is 50.3 Å². The van der Waals surface area contributed by atoms with Gasteiger partial charge >= 0.3 is 0 Å². The number of rotatable bonds is 10. The Hall–Kier alpha value is -1.46. The number of unbranched alkanes of at least 4 members (excludes halogenated alkanes) is 2. The minimum absolute atomic E-state index is 0.170. The van der Waals surface area contributed by atoms with Crippen molar-refractivity contribution >= 4 is 23.2 Å². The normalized spacial score (nSPS) is 10.6. The Kier molecular flexibility index (Phi) is 10.2. The fraction of sp³-hybridized carbons (Fsp3) is 0.556. The van der Waals surface area contributed by atoms with Gasteiger partial charge in [-0.25, -0.2) is 0 Å². The smallest absolute Gasteiger partial charge is 0.257 e. The largest absolute Gasteiger partial charge is 0.361 e. The molecule has 128 valence electrons. The second-order valence-electron chi connectivity index (χ2n) is 5.62. The second-order valence-corrected chi connectivity index (χ2v) is 6.03. The first kappa shape index (κ1) is 19.6. The zero-order chi connectivity index (χ0) is 16.9. The molecule has 0 unspecified atom stereocenters. The summed E-state index contributed by atoms with van der Waals surface area (Å²) in [6.07, 6.45) is 4.86. The Balaban J connectivity index is 2.29. The van der Waals surface area contributed by atoms with Gasteiger partial charge in [0.1, 0.15) is 0 Å². The summed E-state index contributed by atoms with van der Waals surface area (Å²) in [5.74, 6) is -0.170. The number of thiocarbonyl (C=S) groups is 1. The van der Waals surface area contributed by atoms with Crippen LogP contribution in [-0.4, -0.2) is 42.1 Å². The Morgan fingerprint density at radius 1 is 1.04 bits per heavy atom. The van der Waals surface area contributed by atoms with Crippen molar-refractivity contribution in [3.8, 4) is 0 Å².